The first-order valence-corrected chi connectivity index (χ1v) is 6.98. The SMILES string of the molecule is C=C(C)C(C)(c1cccs1)C1CC=CS1. The molecule has 1 aliphatic heterocycles. The quantitative estimate of drug-likeness (QED) is 0.691. The van der Waals surface area contributed by atoms with E-state index in [1.807, 2.05) is 23.1 Å². The second-order valence-corrected chi connectivity index (χ2v) is 6.25. The number of allylic oxidation sites excluding steroid dienone is 2. The molecule has 0 bridgehead atoms. The number of thioether (sulfide) groups is 1. The molecule has 0 aromatic carbocycles. The van der Waals surface area contributed by atoms with Crippen LogP contribution in [0.4, 0.5) is 0 Å². The van der Waals surface area contributed by atoms with Crippen molar-refractivity contribution in [3.63, 3.8) is 0 Å². The summed E-state index contributed by atoms with van der Waals surface area (Å²) in [6.07, 6.45) is 3.43. The maximum absolute atomic E-state index is 4.19. The minimum atomic E-state index is 0.127. The lowest BCUT2D eigenvalue weighted by Crippen LogP contribution is -2.33. The van der Waals surface area contributed by atoms with Crippen molar-refractivity contribution in [3.05, 3.63) is 46.0 Å². The van der Waals surface area contributed by atoms with Crippen molar-refractivity contribution in [1.29, 1.82) is 0 Å². The van der Waals surface area contributed by atoms with Crippen molar-refractivity contribution in [2.45, 2.75) is 30.9 Å². The van der Waals surface area contributed by atoms with Crippen LogP contribution in [0.1, 0.15) is 25.1 Å². The predicted octanol–water partition coefficient (Wildman–Crippen LogP) is 4.60. The van der Waals surface area contributed by atoms with E-state index < -0.39 is 0 Å². The molecule has 2 atom stereocenters. The fourth-order valence-electron chi connectivity index (χ4n) is 1.97. The van der Waals surface area contributed by atoms with Crippen LogP contribution >= 0.6 is 23.1 Å². The Morgan fingerprint density at radius 1 is 1.60 bits per heavy atom. The highest BCUT2D eigenvalue weighted by atomic mass is 32.2. The Labute approximate surface area is 100 Å². The number of thiophene rings is 1. The Kier molecular flexibility index (Phi) is 3.08. The number of rotatable bonds is 3. The predicted molar refractivity (Wildman–Crippen MR) is 71.6 cm³/mol. The average molecular weight is 236 g/mol. The molecule has 0 fully saturated rings. The number of hydrogen-bond donors (Lipinski definition) is 0. The summed E-state index contributed by atoms with van der Waals surface area (Å²) in [5, 5.41) is 5.00. The molecule has 0 amide bonds. The van der Waals surface area contributed by atoms with E-state index in [1.165, 1.54) is 10.5 Å². The fourth-order valence-corrected chi connectivity index (χ4v) is 4.31. The molecule has 1 aliphatic rings. The van der Waals surface area contributed by atoms with Gasteiger partial charge in [0, 0.05) is 15.5 Å². The summed E-state index contributed by atoms with van der Waals surface area (Å²) in [7, 11) is 0. The monoisotopic (exact) mass is 236 g/mol. The van der Waals surface area contributed by atoms with Crippen molar-refractivity contribution >= 4 is 23.1 Å². The van der Waals surface area contributed by atoms with E-state index in [0.717, 1.165) is 6.42 Å². The van der Waals surface area contributed by atoms with E-state index in [0.29, 0.717) is 5.25 Å². The standard InChI is InChI=1S/C13H16S2/c1-10(2)13(3,11-6-4-8-14-11)12-7-5-9-15-12/h4-6,8-9,12H,1,7H2,2-3H3. The zero-order chi connectivity index (χ0) is 10.9. The Morgan fingerprint density at radius 2 is 2.40 bits per heavy atom. The van der Waals surface area contributed by atoms with Crippen LogP contribution in [-0.2, 0) is 5.41 Å². The summed E-state index contributed by atoms with van der Waals surface area (Å²) in [5.74, 6) is 0. The Morgan fingerprint density at radius 3 is 2.87 bits per heavy atom. The van der Waals surface area contributed by atoms with Crippen LogP contribution in [0.15, 0.2) is 41.1 Å². The molecular formula is C13H16S2. The van der Waals surface area contributed by atoms with Gasteiger partial charge in [-0.3, -0.25) is 0 Å². The van der Waals surface area contributed by atoms with Crippen LogP contribution in [0.5, 0.6) is 0 Å². The minimum absolute atomic E-state index is 0.127. The van der Waals surface area contributed by atoms with Gasteiger partial charge in [0.1, 0.15) is 0 Å². The first-order chi connectivity index (χ1) is 7.15. The van der Waals surface area contributed by atoms with E-state index >= 15 is 0 Å². The Hall–Kier alpha value is -0.470. The van der Waals surface area contributed by atoms with E-state index in [1.54, 1.807) is 0 Å². The van der Waals surface area contributed by atoms with Crippen molar-refractivity contribution in [3.8, 4) is 0 Å². The third kappa shape index (κ3) is 1.81. The maximum atomic E-state index is 4.19. The third-order valence-corrected chi connectivity index (χ3v) is 5.70. The molecular weight excluding hydrogens is 220 g/mol. The fraction of sp³-hybridized carbons (Fsp3) is 0.385. The minimum Gasteiger partial charge on any atom is -0.148 e. The van der Waals surface area contributed by atoms with Gasteiger partial charge in [-0.25, -0.2) is 0 Å². The molecule has 80 valence electrons. The van der Waals surface area contributed by atoms with Crippen molar-refractivity contribution < 1.29 is 0 Å². The van der Waals surface area contributed by atoms with Gasteiger partial charge in [0.2, 0.25) is 0 Å². The Balaban J connectivity index is 2.36. The molecule has 2 rings (SSSR count). The highest BCUT2D eigenvalue weighted by Gasteiger charge is 2.38. The lowest BCUT2D eigenvalue weighted by Gasteiger charge is -2.35. The number of hydrogen-bond acceptors (Lipinski definition) is 2. The molecule has 0 saturated carbocycles. The molecule has 1 aromatic rings. The molecule has 0 aliphatic carbocycles. The molecule has 0 spiro atoms. The Bertz CT molecular complexity index is 367. The molecule has 2 unspecified atom stereocenters. The van der Waals surface area contributed by atoms with Crippen LogP contribution < -0.4 is 0 Å². The van der Waals surface area contributed by atoms with Gasteiger partial charge < -0.3 is 0 Å². The van der Waals surface area contributed by atoms with Gasteiger partial charge in [0.05, 0.1) is 0 Å². The first-order valence-electron chi connectivity index (χ1n) is 5.16. The first kappa shape index (κ1) is 11.0. The van der Waals surface area contributed by atoms with Crippen molar-refractivity contribution in [2.75, 3.05) is 0 Å². The zero-order valence-electron chi connectivity index (χ0n) is 9.19. The van der Waals surface area contributed by atoms with E-state index in [2.05, 4.69) is 49.4 Å². The molecule has 0 nitrogen and oxygen atoms in total. The maximum Gasteiger partial charge on any atom is 0.0347 e. The van der Waals surface area contributed by atoms with Gasteiger partial charge in [-0.2, -0.15) is 0 Å². The molecule has 2 heterocycles. The molecule has 0 N–H and O–H groups in total. The highest BCUT2D eigenvalue weighted by molar-refractivity contribution is 8.03. The van der Waals surface area contributed by atoms with Gasteiger partial charge in [-0.1, -0.05) is 24.3 Å². The van der Waals surface area contributed by atoms with Gasteiger partial charge in [0.15, 0.2) is 0 Å². The molecule has 1 aromatic heterocycles. The van der Waals surface area contributed by atoms with Crippen LogP contribution in [0, 0.1) is 0 Å². The smallest absolute Gasteiger partial charge is 0.0347 e. The third-order valence-electron chi connectivity index (χ3n) is 3.25. The normalized spacial score (nSPS) is 24.0. The average Bonchev–Trinajstić information content (AvgIpc) is 2.89. The van der Waals surface area contributed by atoms with Gasteiger partial charge in [-0.05, 0) is 37.1 Å². The summed E-state index contributed by atoms with van der Waals surface area (Å²) < 4.78 is 0. The van der Waals surface area contributed by atoms with Crippen LogP contribution in [0.25, 0.3) is 0 Å². The second kappa shape index (κ2) is 4.18. The van der Waals surface area contributed by atoms with Crippen molar-refractivity contribution in [2.24, 2.45) is 0 Å². The lowest BCUT2D eigenvalue weighted by molar-refractivity contribution is 0.545. The summed E-state index contributed by atoms with van der Waals surface area (Å²) in [6, 6.07) is 4.37. The van der Waals surface area contributed by atoms with Crippen molar-refractivity contribution in [1.82, 2.24) is 0 Å². The van der Waals surface area contributed by atoms with Gasteiger partial charge in [-0.15, -0.1) is 23.1 Å². The van der Waals surface area contributed by atoms with E-state index in [9.17, 15) is 0 Å². The summed E-state index contributed by atoms with van der Waals surface area (Å²) in [4.78, 5) is 1.44. The summed E-state index contributed by atoms with van der Waals surface area (Å²) in [6.45, 7) is 8.67. The van der Waals surface area contributed by atoms with E-state index in [4.69, 9.17) is 0 Å². The molecule has 0 saturated heterocycles. The van der Waals surface area contributed by atoms with Crippen LogP contribution in [0.3, 0.4) is 0 Å². The second-order valence-electron chi connectivity index (χ2n) is 4.19. The van der Waals surface area contributed by atoms with E-state index in [-0.39, 0.29) is 5.41 Å². The molecule has 2 heteroatoms. The lowest BCUT2D eigenvalue weighted by atomic mass is 9.77. The molecule has 0 radical (unpaired) electrons. The largest absolute Gasteiger partial charge is 0.148 e. The van der Waals surface area contributed by atoms with Gasteiger partial charge in [0.25, 0.3) is 0 Å². The van der Waals surface area contributed by atoms with Crippen LogP contribution in [0.2, 0.25) is 0 Å². The summed E-state index contributed by atoms with van der Waals surface area (Å²) >= 11 is 3.78. The van der Waals surface area contributed by atoms with Gasteiger partial charge >= 0.3 is 0 Å². The van der Waals surface area contributed by atoms with Crippen LogP contribution in [-0.4, -0.2) is 5.25 Å². The topological polar surface area (TPSA) is 0 Å². The zero-order valence-corrected chi connectivity index (χ0v) is 10.8. The summed E-state index contributed by atoms with van der Waals surface area (Å²) in [5.41, 5.74) is 1.40. The highest BCUT2D eigenvalue weighted by Crippen LogP contribution is 2.46. The molecule has 15 heavy (non-hydrogen) atoms.